The molecule has 1 aromatic rings. The summed E-state index contributed by atoms with van der Waals surface area (Å²) in [6.07, 6.45) is 0. The molecule has 0 atom stereocenters. The van der Waals surface area contributed by atoms with Gasteiger partial charge < -0.3 is 5.73 Å². The van der Waals surface area contributed by atoms with Crippen LogP contribution in [0.3, 0.4) is 0 Å². The van der Waals surface area contributed by atoms with E-state index in [2.05, 4.69) is 0 Å². The fourth-order valence-corrected chi connectivity index (χ4v) is 0.993. The molecule has 0 saturated carbocycles. The molecule has 0 bridgehead atoms. The first-order valence-electron chi connectivity index (χ1n) is 4.01. The minimum absolute atomic E-state index is 0.169. The van der Waals surface area contributed by atoms with Gasteiger partial charge in [0.15, 0.2) is 0 Å². The Labute approximate surface area is 81.3 Å². The van der Waals surface area contributed by atoms with Gasteiger partial charge in [0, 0.05) is 0 Å². The maximum atomic E-state index is 11.0. The molecule has 5 heteroatoms. The van der Waals surface area contributed by atoms with Gasteiger partial charge in [-0.2, -0.15) is 0 Å². The molecule has 5 nitrogen and oxygen atoms in total. The molecule has 0 spiro atoms. The van der Waals surface area contributed by atoms with E-state index < -0.39 is 11.8 Å². The molecule has 2 amide bonds. The number of primary amides is 1. The van der Waals surface area contributed by atoms with E-state index >= 15 is 0 Å². The molecule has 4 N–H and O–H groups in total. The van der Waals surface area contributed by atoms with Crippen molar-refractivity contribution in [2.24, 2.45) is 11.6 Å². The zero-order valence-electron chi connectivity index (χ0n) is 7.51. The Hall–Kier alpha value is -1.88. The summed E-state index contributed by atoms with van der Waals surface area (Å²) >= 11 is 0. The van der Waals surface area contributed by atoms with Crippen LogP contribution in [0, 0.1) is 0 Å². The molecule has 0 aliphatic heterocycles. The third kappa shape index (κ3) is 2.56. The Morgan fingerprint density at radius 2 is 1.79 bits per heavy atom. The van der Waals surface area contributed by atoms with Crippen LogP contribution < -0.4 is 11.6 Å². The summed E-state index contributed by atoms with van der Waals surface area (Å²) in [7, 11) is 0. The number of nitrogens with zero attached hydrogens (tertiary/aromatic N) is 1. The van der Waals surface area contributed by atoms with Crippen LogP contribution in [-0.2, 0) is 16.1 Å². The summed E-state index contributed by atoms with van der Waals surface area (Å²) in [6, 6.07) is 9.08. The van der Waals surface area contributed by atoms with E-state index in [4.69, 9.17) is 11.6 Å². The van der Waals surface area contributed by atoms with Crippen molar-refractivity contribution in [2.45, 2.75) is 6.54 Å². The first-order valence-corrected chi connectivity index (χ1v) is 4.01. The van der Waals surface area contributed by atoms with Crippen LogP contribution in [0.1, 0.15) is 5.56 Å². The zero-order chi connectivity index (χ0) is 10.6. The second-order valence-corrected chi connectivity index (χ2v) is 2.78. The number of amides is 2. The predicted molar refractivity (Wildman–Crippen MR) is 50.4 cm³/mol. The lowest BCUT2D eigenvalue weighted by Crippen LogP contribution is -2.44. The highest BCUT2D eigenvalue weighted by molar-refractivity contribution is 6.34. The maximum absolute atomic E-state index is 11.0. The van der Waals surface area contributed by atoms with Crippen LogP contribution >= 0.6 is 0 Å². The van der Waals surface area contributed by atoms with E-state index in [1.54, 1.807) is 12.1 Å². The van der Waals surface area contributed by atoms with E-state index in [1.165, 1.54) is 0 Å². The van der Waals surface area contributed by atoms with Gasteiger partial charge in [-0.05, 0) is 5.56 Å². The lowest BCUT2D eigenvalue weighted by molar-refractivity contribution is -0.144. The molecule has 0 unspecified atom stereocenters. The van der Waals surface area contributed by atoms with E-state index in [9.17, 15) is 9.59 Å². The summed E-state index contributed by atoms with van der Waals surface area (Å²) in [5.41, 5.74) is 5.62. The monoisotopic (exact) mass is 193 g/mol. The quantitative estimate of drug-likeness (QED) is 0.284. The fourth-order valence-electron chi connectivity index (χ4n) is 0.993. The van der Waals surface area contributed by atoms with Gasteiger partial charge in [0.05, 0.1) is 6.54 Å². The van der Waals surface area contributed by atoms with Crippen LogP contribution in [0.25, 0.3) is 0 Å². The lowest BCUT2D eigenvalue weighted by Gasteiger charge is -2.13. The Morgan fingerprint density at radius 1 is 1.21 bits per heavy atom. The van der Waals surface area contributed by atoms with Crippen molar-refractivity contribution < 1.29 is 9.59 Å². The third-order valence-electron chi connectivity index (χ3n) is 1.67. The molecule has 0 fully saturated rings. The van der Waals surface area contributed by atoms with Crippen molar-refractivity contribution in [1.82, 2.24) is 5.01 Å². The number of carbonyl (C=O) groups is 2. The minimum atomic E-state index is -1.05. The molecular weight excluding hydrogens is 182 g/mol. The van der Waals surface area contributed by atoms with E-state index in [-0.39, 0.29) is 6.54 Å². The summed E-state index contributed by atoms with van der Waals surface area (Å²) in [5.74, 6) is 3.39. The van der Waals surface area contributed by atoms with Crippen LogP contribution in [0.15, 0.2) is 30.3 Å². The standard InChI is InChI=1S/C9H11N3O2/c10-8(13)9(14)12(11)6-7-4-2-1-3-5-7/h1-5H,6,11H2,(H2,10,13). The van der Waals surface area contributed by atoms with E-state index in [0.29, 0.717) is 0 Å². The van der Waals surface area contributed by atoms with Gasteiger partial charge in [-0.15, -0.1) is 0 Å². The van der Waals surface area contributed by atoms with Crippen molar-refractivity contribution in [3.63, 3.8) is 0 Å². The van der Waals surface area contributed by atoms with Crippen molar-refractivity contribution in [2.75, 3.05) is 0 Å². The van der Waals surface area contributed by atoms with Crippen LogP contribution in [0.2, 0.25) is 0 Å². The molecule has 14 heavy (non-hydrogen) atoms. The third-order valence-corrected chi connectivity index (χ3v) is 1.67. The Bertz CT molecular complexity index is 337. The van der Waals surface area contributed by atoms with Crippen molar-refractivity contribution >= 4 is 11.8 Å². The average Bonchev–Trinajstić information content (AvgIpc) is 2.18. The second-order valence-electron chi connectivity index (χ2n) is 2.78. The number of hydrogen-bond donors (Lipinski definition) is 2. The highest BCUT2D eigenvalue weighted by Crippen LogP contribution is 2.00. The van der Waals surface area contributed by atoms with E-state index in [0.717, 1.165) is 10.6 Å². The van der Waals surface area contributed by atoms with Gasteiger partial charge in [0.25, 0.3) is 0 Å². The molecule has 74 valence electrons. The molecule has 0 heterocycles. The molecular formula is C9H11N3O2. The Kier molecular flexibility index (Phi) is 3.19. The molecule has 0 saturated heterocycles. The lowest BCUT2D eigenvalue weighted by atomic mass is 10.2. The summed E-state index contributed by atoms with van der Waals surface area (Å²) in [5, 5.41) is 0.789. The van der Waals surface area contributed by atoms with Crippen molar-refractivity contribution in [1.29, 1.82) is 0 Å². The predicted octanol–water partition coefficient (Wildman–Crippen LogP) is -0.626. The molecule has 0 aliphatic rings. The van der Waals surface area contributed by atoms with Gasteiger partial charge in [0.1, 0.15) is 0 Å². The van der Waals surface area contributed by atoms with Crippen molar-refractivity contribution in [3.8, 4) is 0 Å². The number of nitrogens with two attached hydrogens (primary N) is 2. The fraction of sp³-hybridized carbons (Fsp3) is 0.111. The maximum Gasteiger partial charge on any atom is 0.325 e. The summed E-state index contributed by atoms with van der Waals surface area (Å²) in [6.45, 7) is 0.169. The first kappa shape index (κ1) is 10.2. The Morgan fingerprint density at radius 3 is 2.29 bits per heavy atom. The van der Waals surface area contributed by atoms with Crippen LogP contribution in [-0.4, -0.2) is 16.8 Å². The molecule has 0 aromatic heterocycles. The molecule has 0 aliphatic carbocycles. The molecule has 0 radical (unpaired) electrons. The topological polar surface area (TPSA) is 89.4 Å². The Balaban J connectivity index is 2.62. The largest absolute Gasteiger partial charge is 0.361 e. The smallest absolute Gasteiger partial charge is 0.325 e. The first-order chi connectivity index (χ1) is 6.61. The summed E-state index contributed by atoms with van der Waals surface area (Å²) in [4.78, 5) is 21.5. The highest BCUT2D eigenvalue weighted by atomic mass is 16.2. The van der Waals surface area contributed by atoms with Gasteiger partial charge in [-0.3, -0.25) is 14.6 Å². The van der Waals surface area contributed by atoms with Crippen LogP contribution in [0.4, 0.5) is 0 Å². The highest BCUT2D eigenvalue weighted by Gasteiger charge is 2.15. The number of rotatable bonds is 2. The average molecular weight is 193 g/mol. The molecule has 1 aromatic carbocycles. The van der Waals surface area contributed by atoms with E-state index in [1.807, 2.05) is 18.2 Å². The minimum Gasteiger partial charge on any atom is -0.361 e. The normalized spacial score (nSPS) is 9.50. The number of carbonyl (C=O) groups excluding carboxylic acids is 2. The summed E-state index contributed by atoms with van der Waals surface area (Å²) < 4.78 is 0. The zero-order valence-corrected chi connectivity index (χ0v) is 7.51. The number of hydrogen-bond acceptors (Lipinski definition) is 3. The van der Waals surface area contributed by atoms with Gasteiger partial charge in [-0.25, -0.2) is 5.84 Å². The van der Waals surface area contributed by atoms with Gasteiger partial charge >= 0.3 is 11.8 Å². The molecule has 1 rings (SSSR count). The van der Waals surface area contributed by atoms with Crippen molar-refractivity contribution in [3.05, 3.63) is 35.9 Å². The van der Waals surface area contributed by atoms with Gasteiger partial charge in [-0.1, -0.05) is 30.3 Å². The second kappa shape index (κ2) is 4.38. The SMILES string of the molecule is NC(=O)C(=O)N(N)Cc1ccccc1. The van der Waals surface area contributed by atoms with Crippen LogP contribution in [0.5, 0.6) is 0 Å². The number of hydrazine groups is 1. The van der Waals surface area contributed by atoms with Gasteiger partial charge in [0.2, 0.25) is 0 Å². The number of benzene rings is 1.